The molecule has 0 spiro atoms. The fourth-order valence-electron chi connectivity index (χ4n) is 2.42. The normalized spacial score (nSPS) is 34.6. The van der Waals surface area contributed by atoms with Crippen LogP contribution in [0.1, 0.15) is 47.0 Å². The summed E-state index contributed by atoms with van der Waals surface area (Å²) < 4.78 is 0. The molecule has 0 heteroatoms. The topological polar surface area (TPSA) is 0 Å². The molecule has 11 heavy (non-hydrogen) atoms. The zero-order valence-electron chi connectivity index (χ0n) is 8.35. The molecular weight excluding hydrogens is 132 g/mol. The summed E-state index contributed by atoms with van der Waals surface area (Å²) in [4.78, 5) is 0. The second kappa shape index (κ2) is 3.60. The van der Waals surface area contributed by atoms with Gasteiger partial charge in [-0.1, -0.05) is 34.1 Å². The molecule has 0 aromatic rings. The molecule has 65 valence electrons. The maximum atomic E-state index is 2.38. The molecule has 0 N–H and O–H groups in total. The Morgan fingerprint density at radius 1 is 1.27 bits per heavy atom. The van der Waals surface area contributed by atoms with Gasteiger partial charge in [0.1, 0.15) is 0 Å². The molecule has 0 aromatic carbocycles. The van der Waals surface area contributed by atoms with E-state index >= 15 is 0 Å². The van der Waals surface area contributed by atoms with Crippen LogP contribution >= 0.6 is 0 Å². The monoisotopic (exact) mass is 153 g/mol. The molecule has 1 fully saturated rings. The van der Waals surface area contributed by atoms with Crippen LogP contribution in [0.4, 0.5) is 0 Å². The molecule has 0 amide bonds. The Bertz CT molecular complexity index is 115. The van der Waals surface area contributed by atoms with Crippen LogP contribution in [0.2, 0.25) is 0 Å². The Morgan fingerprint density at radius 2 is 1.91 bits per heavy atom. The van der Waals surface area contributed by atoms with Gasteiger partial charge in [0.05, 0.1) is 0 Å². The van der Waals surface area contributed by atoms with E-state index in [1.165, 1.54) is 19.3 Å². The minimum absolute atomic E-state index is 0.863. The molecule has 1 radical (unpaired) electrons. The predicted molar refractivity (Wildman–Crippen MR) is 50.3 cm³/mol. The van der Waals surface area contributed by atoms with Crippen LogP contribution < -0.4 is 0 Å². The predicted octanol–water partition coefficient (Wildman–Crippen LogP) is 3.67. The lowest BCUT2D eigenvalue weighted by Crippen LogP contribution is -2.23. The van der Waals surface area contributed by atoms with Crippen LogP contribution in [0.5, 0.6) is 0 Å². The molecule has 0 nitrogen and oxygen atoms in total. The van der Waals surface area contributed by atoms with Crippen molar-refractivity contribution in [3.63, 3.8) is 0 Å². The SMILES string of the molecule is C[C]1CC(C)CCC1C(C)C. The maximum Gasteiger partial charge on any atom is -0.0236 e. The van der Waals surface area contributed by atoms with E-state index in [0.29, 0.717) is 0 Å². The third-order valence-electron chi connectivity index (χ3n) is 3.08. The van der Waals surface area contributed by atoms with Gasteiger partial charge in [0, 0.05) is 0 Å². The van der Waals surface area contributed by atoms with Crippen molar-refractivity contribution in [2.24, 2.45) is 17.8 Å². The highest BCUT2D eigenvalue weighted by atomic mass is 14.3. The Hall–Kier alpha value is 0. The molecule has 1 rings (SSSR count). The fraction of sp³-hybridized carbons (Fsp3) is 0.909. The molecule has 2 atom stereocenters. The van der Waals surface area contributed by atoms with Gasteiger partial charge < -0.3 is 0 Å². The third kappa shape index (κ3) is 2.21. The van der Waals surface area contributed by atoms with E-state index in [1.54, 1.807) is 5.92 Å². The van der Waals surface area contributed by atoms with Gasteiger partial charge in [-0.2, -0.15) is 0 Å². The van der Waals surface area contributed by atoms with E-state index in [2.05, 4.69) is 27.7 Å². The highest BCUT2D eigenvalue weighted by Gasteiger charge is 2.27. The zero-order chi connectivity index (χ0) is 8.43. The number of rotatable bonds is 1. The Kier molecular flexibility index (Phi) is 2.98. The summed E-state index contributed by atoms with van der Waals surface area (Å²) in [7, 11) is 0. The van der Waals surface area contributed by atoms with Gasteiger partial charge in [0.2, 0.25) is 0 Å². The molecule has 1 saturated carbocycles. The van der Waals surface area contributed by atoms with Crippen LogP contribution in [-0.4, -0.2) is 0 Å². The number of hydrogen-bond acceptors (Lipinski definition) is 0. The van der Waals surface area contributed by atoms with Gasteiger partial charge in [0.25, 0.3) is 0 Å². The molecule has 2 unspecified atom stereocenters. The zero-order valence-corrected chi connectivity index (χ0v) is 8.35. The van der Waals surface area contributed by atoms with Crippen LogP contribution in [0.3, 0.4) is 0 Å². The van der Waals surface area contributed by atoms with Crippen LogP contribution in [0.25, 0.3) is 0 Å². The minimum Gasteiger partial charge on any atom is -0.0625 e. The highest BCUT2D eigenvalue weighted by molar-refractivity contribution is 4.98. The van der Waals surface area contributed by atoms with Crippen molar-refractivity contribution in [1.82, 2.24) is 0 Å². The van der Waals surface area contributed by atoms with Gasteiger partial charge in [-0.25, -0.2) is 0 Å². The van der Waals surface area contributed by atoms with Crippen molar-refractivity contribution < 1.29 is 0 Å². The van der Waals surface area contributed by atoms with Crippen molar-refractivity contribution in [3.05, 3.63) is 5.92 Å². The largest absolute Gasteiger partial charge is 0.0625 e. The Morgan fingerprint density at radius 3 is 2.36 bits per heavy atom. The molecule has 0 saturated heterocycles. The van der Waals surface area contributed by atoms with E-state index in [9.17, 15) is 0 Å². The van der Waals surface area contributed by atoms with Crippen molar-refractivity contribution in [2.45, 2.75) is 47.0 Å². The standard InChI is InChI=1S/C11H21/c1-8(2)11-6-5-9(3)7-10(11)4/h8-9,11H,5-7H2,1-4H3. The first-order valence-electron chi connectivity index (χ1n) is 4.93. The van der Waals surface area contributed by atoms with Gasteiger partial charge in [-0.05, 0) is 36.5 Å². The maximum absolute atomic E-state index is 2.38. The second-order valence-electron chi connectivity index (χ2n) is 4.58. The minimum atomic E-state index is 0.863. The first-order valence-corrected chi connectivity index (χ1v) is 4.93. The summed E-state index contributed by atoms with van der Waals surface area (Å²) in [5.41, 5.74) is 0. The van der Waals surface area contributed by atoms with E-state index in [-0.39, 0.29) is 0 Å². The first kappa shape index (κ1) is 9.09. The molecule has 1 aliphatic rings. The molecule has 0 heterocycles. The average molecular weight is 153 g/mol. The van der Waals surface area contributed by atoms with Gasteiger partial charge in [-0.15, -0.1) is 0 Å². The van der Waals surface area contributed by atoms with E-state index in [0.717, 1.165) is 17.8 Å². The summed E-state index contributed by atoms with van der Waals surface area (Å²) in [5, 5.41) is 0. The summed E-state index contributed by atoms with van der Waals surface area (Å²) in [6.07, 6.45) is 4.26. The van der Waals surface area contributed by atoms with E-state index in [4.69, 9.17) is 0 Å². The summed E-state index contributed by atoms with van der Waals surface area (Å²) in [6.45, 7) is 9.43. The molecule has 0 aromatic heterocycles. The van der Waals surface area contributed by atoms with Crippen LogP contribution in [-0.2, 0) is 0 Å². The smallest absolute Gasteiger partial charge is 0.0236 e. The van der Waals surface area contributed by atoms with Crippen LogP contribution in [0, 0.1) is 23.7 Å². The lowest BCUT2D eigenvalue weighted by Gasteiger charge is -2.34. The first-order chi connectivity index (χ1) is 5.11. The van der Waals surface area contributed by atoms with Gasteiger partial charge >= 0.3 is 0 Å². The summed E-state index contributed by atoms with van der Waals surface area (Å²) >= 11 is 0. The van der Waals surface area contributed by atoms with E-state index in [1.807, 2.05) is 0 Å². The van der Waals surface area contributed by atoms with Crippen molar-refractivity contribution in [1.29, 1.82) is 0 Å². The molecule has 0 aliphatic heterocycles. The van der Waals surface area contributed by atoms with Crippen molar-refractivity contribution in [2.75, 3.05) is 0 Å². The Labute approximate surface area is 71.4 Å². The van der Waals surface area contributed by atoms with Gasteiger partial charge in [-0.3, -0.25) is 0 Å². The Balaban J connectivity index is 2.44. The lowest BCUT2D eigenvalue weighted by molar-refractivity contribution is 0.266. The van der Waals surface area contributed by atoms with Gasteiger partial charge in [0.15, 0.2) is 0 Å². The number of hydrogen-bond donors (Lipinski definition) is 0. The average Bonchev–Trinajstić information content (AvgIpc) is 1.85. The third-order valence-corrected chi connectivity index (χ3v) is 3.08. The summed E-state index contributed by atoms with van der Waals surface area (Å²) in [6, 6.07) is 0. The molecule has 1 aliphatic carbocycles. The lowest BCUT2D eigenvalue weighted by atomic mass is 9.71. The van der Waals surface area contributed by atoms with E-state index < -0.39 is 0 Å². The molecular formula is C11H21. The van der Waals surface area contributed by atoms with Crippen LogP contribution in [0.15, 0.2) is 0 Å². The summed E-state index contributed by atoms with van der Waals surface area (Å²) in [5.74, 6) is 4.48. The van der Waals surface area contributed by atoms with Crippen molar-refractivity contribution >= 4 is 0 Å². The quantitative estimate of drug-likeness (QED) is 0.539. The highest BCUT2D eigenvalue weighted by Crippen LogP contribution is 2.38. The second-order valence-corrected chi connectivity index (χ2v) is 4.58. The fourth-order valence-corrected chi connectivity index (χ4v) is 2.42. The molecule has 0 bridgehead atoms. The van der Waals surface area contributed by atoms with Crippen molar-refractivity contribution in [3.8, 4) is 0 Å².